The van der Waals surface area contributed by atoms with E-state index in [0.29, 0.717) is 6.54 Å². The Balaban J connectivity index is 1.41. The molecule has 0 spiro atoms. The molecule has 0 amide bonds. The van der Waals surface area contributed by atoms with Gasteiger partial charge in [0.15, 0.2) is 5.82 Å². The van der Waals surface area contributed by atoms with Crippen LogP contribution >= 0.6 is 0 Å². The van der Waals surface area contributed by atoms with Crippen LogP contribution in [0.4, 0.5) is 11.5 Å². The minimum Gasteiger partial charge on any atom is -0.374 e. The summed E-state index contributed by atoms with van der Waals surface area (Å²) in [6.45, 7) is 7.29. The van der Waals surface area contributed by atoms with Gasteiger partial charge in [-0.1, -0.05) is 12.1 Å². The number of aromatic nitrogens is 3. The second-order valence-corrected chi connectivity index (χ2v) is 7.64. The number of piperazine rings is 1. The molecule has 2 saturated heterocycles. The molecule has 4 heterocycles. The van der Waals surface area contributed by atoms with Crippen LogP contribution < -0.4 is 20.9 Å². The Kier molecular flexibility index (Phi) is 5.69. The van der Waals surface area contributed by atoms with Crippen molar-refractivity contribution in [3.63, 3.8) is 0 Å². The van der Waals surface area contributed by atoms with E-state index in [1.165, 1.54) is 5.69 Å². The average Bonchev–Trinajstić information content (AvgIpc) is 2.84. The standard InChI is InChI=1S/C22H27N7O/c1-3-17(29-10-7-23-8-11-29)4-2-16(1)19-13-20-21(26-6-5-25-20)22(28-19)27-15-18-14-24-9-12-30-18/h1-6,13,18,23-24H,7-12,14-15H2,(H,27,28)/t18-/m1/s1. The lowest BCUT2D eigenvalue weighted by atomic mass is 10.1. The highest BCUT2D eigenvalue weighted by Gasteiger charge is 2.16. The van der Waals surface area contributed by atoms with Crippen molar-refractivity contribution < 1.29 is 4.74 Å². The van der Waals surface area contributed by atoms with Gasteiger partial charge in [0, 0.05) is 69.5 Å². The molecule has 5 rings (SSSR count). The number of nitrogens with zero attached hydrogens (tertiary/aromatic N) is 4. The van der Waals surface area contributed by atoms with Gasteiger partial charge in [-0.2, -0.15) is 0 Å². The van der Waals surface area contributed by atoms with E-state index in [1.54, 1.807) is 12.4 Å². The Morgan fingerprint density at radius 1 is 1.03 bits per heavy atom. The van der Waals surface area contributed by atoms with Gasteiger partial charge in [-0.3, -0.25) is 4.98 Å². The number of ether oxygens (including phenoxy) is 1. The third-order valence-electron chi connectivity index (χ3n) is 5.60. The first kappa shape index (κ1) is 19.2. The summed E-state index contributed by atoms with van der Waals surface area (Å²) < 4.78 is 5.80. The first-order chi connectivity index (χ1) is 14.9. The Labute approximate surface area is 176 Å². The third kappa shape index (κ3) is 4.21. The summed E-state index contributed by atoms with van der Waals surface area (Å²) in [5.74, 6) is 0.746. The molecular weight excluding hydrogens is 378 g/mol. The quantitative estimate of drug-likeness (QED) is 0.589. The van der Waals surface area contributed by atoms with Crippen molar-refractivity contribution in [1.29, 1.82) is 0 Å². The van der Waals surface area contributed by atoms with Crippen molar-refractivity contribution in [3.05, 3.63) is 42.7 Å². The Bertz CT molecular complexity index is 982. The largest absolute Gasteiger partial charge is 0.374 e. The van der Waals surface area contributed by atoms with Gasteiger partial charge in [0.2, 0.25) is 0 Å². The van der Waals surface area contributed by atoms with Gasteiger partial charge in [-0.25, -0.2) is 9.97 Å². The molecule has 2 fully saturated rings. The van der Waals surface area contributed by atoms with Crippen molar-refractivity contribution >= 4 is 22.5 Å². The molecule has 0 aliphatic carbocycles. The van der Waals surface area contributed by atoms with Gasteiger partial charge in [-0.05, 0) is 18.2 Å². The van der Waals surface area contributed by atoms with E-state index in [1.807, 2.05) is 6.07 Å². The lowest BCUT2D eigenvalue weighted by molar-refractivity contribution is 0.0372. The van der Waals surface area contributed by atoms with E-state index in [0.717, 1.165) is 74.0 Å². The SMILES string of the molecule is c1cnc2c(NC[C@H]3CNCCO3)nc(-c3ccc(N4CCNCC4)cc3)cc2n1. The molecule has 2 aliphatic heterocycles. The predicted molar refractivity (Wildman–Crippen MR) is 119 cm³/mol. The molecule has 3 aromatic rings. The number of rotatable bonds is 5. The summed E-state index contributed by atoms with van der Waals surface area (Å²) in [4.78, 5) is 16.3. The molecule has 2 aromatic heterocycles. The first-order valence-electron chi connectivity index (χ1n) is 10.6. The lowest BCUT2D eigenvalue weighted by Crippen LogP contribution is -2.43. The Hall–Kier alpha value is -2.81. The zero-order valence-corrected chi connectivity index (χ0v) is 17.0. The Morgan fingerprint density at radius 2 is 1.87 bits per heavy atom. The van der Waals surface area contributed by atoms with E-state index in [2.05, 4.69) is 55.1 Å². The van der Waals surface area contributed by atoms with Gasteiger partial charge in [0.25, 0.3) is 0 Å². The van der Waals surface area contributed by atoms with Crippen LogP contribution in [-0.4, -0.2) is 73.5 Å². The van der Waals surface area contributed by atoms with E-state index in [-0.39, 0.29) is 6.10 Å². The van der Waals surface area contributed by atoms with Crippen molar-refractivity contribution in [3.8, 4) is 11.3 Å². The number of benzene rings is 1. The summed E-state index contributed by atoms with van der Waals surface area (Å²) in [5.41, 5.74) is 4.82. The highest BCUT2D eigenvalue weighted by Crippen LogP contribution is 2.27. The minimum absolute atomic E-state index is 0.120. The maximum atomic E-state index is 5.80. The van der Waals surface area contributed by atoms with Crippen LogP contribution in [0.25, 0.3) is 22.3 Å². The summed E-state index contributed by atoms with van der Waals surface area (Å²) in [6.07, 6.45) is 3.54. The zero-order valence-electron chi connectivity index (χ0n) is 17.0. The van der Waals surface area contributed by atoms with Gasteiger partial charge in [0.1, 0.15) is 5.52 Å². The van der Waals surface area contributed by atoms with Gasteiger partial charge in [-0.15, -0.1) is 0 Å². The van der Waals surface area contributed by atoms with Crippen LogP contribution in [0.1, 0.15) is 0 Å². The second kappa shape index (κ2) is 8.91. The number of pyridine rings is 1. The highest BCUT2D eigenvalue weighted by molar-refractivity contribution is 5.88. The van der Waals surface area contributed by atoms with Crippen LogP contribution in [-0.2, 0) is 4.74 Å². The van der Waals surface area contributed by atoms with Crippen LogP contribution in [0.15, 0.2) is 42.7 Å². The fourth-order valence-corrected chi connectivity index (χ4v) is 3.97. The van der Waals surface area contributed by atoms with E-state index in [4.69, 9.17) is 9.72 Å². The third-order valence-corrected chi connectivity index (χ3v) is 5.60. The van der Waals surface area contributed by atoms with Crippen LogP contribution in [0.3, 0.4) is 0 Å². The molecule has 156 valence electrons. The fourth-order valence-electron chi connectivity index (χ4n) is 3.97. The maximum Gasteiger partial charge on any atom is 0.154 e. The topological polar surface area (TPSA) is 87.2 Å². The van der Waals surface area contributed by atoms with Gasteiger partial charge in [0.05, 0.1) is 23.9 Å². The summed E-state index contributed by atoms with van der Waals surface area (Å²) in [6, 6.07) is 10.6. The predicted octanol–water partition coefficient (Wildman–Crippen LogP) is 1.50. The molecule has 8 heteroatoms. The molecule has 2 aliphatic rings. The normalized spacial score (nSPS) is 19.7. The smallest absolute Gasteiger partial charge is 0.154 e. The molecule has 0 radical (unpaired) electrons. The van der Waals surface area contributed by atoms with Crippen molar-refractivity contribution in [2.45, 2.75) is 6.10 Å². The molecule has 3 N–H and O–H groups in total. The van der Waals surface area contributed by atoms with Gasteiger partial charge >= 0.3 is 0 Å². The number of hydrogen-bond donors (Lipinski definition) is 3. The molecule has 8 nitrogen and oxygen atoms in total. The van der Waals surface area contributed by atoms with E-state index in [9.17, 15) is 0 Å². The molecule has 0 bridgehead atoms. The number of fused-ring (bicyclic) bond motifs is 1. The fraction of sp³-hybridized carbons (Fsp3) is 0.409. The number of anilines is 2. The average molecular weight is 406 g/mol. The highest BCUT2D eigenvalue weighted by atomic mass is 16.5. The lowest BCUT2D eigenvalue weighted by Gasteiger charge is -2.29. The molecule has 1 aromatic carbocycles. The van der Waals surface area contributed by atoms with E-state index < -0.39 is 0 Å². The van der Waals surface area contributed by atoms with Crippen LogP contribution in [0.2, 0.25) is 0 Å². The number of nitrogens with one attached hydrogen (secondary N) is 3. The number of hydrogen-bond acceptors (Lipinski definition) is 8. The zero-order chi connectivity index (χ0) is 20.2. The molecule has 1 atom stereocenters. The van der Waals surface area contributed by atoms with Gasteiger partial charge < -0.3 is 25.6 Å². The van der Waals surface area contributed by atoms with Crippen molar-refractivity contribution in [1.82, 2.24) is 25.6 Å². The molecule has 0 saturated carbocycles. The maximum absolute atomic E-state index is 5.80. The van der Waals surface area contributed by atoms with Crippen molar-refractivity contribution in [2.24, 2.45) is 0 Å². The monoisotopic (exact) mass is 405 g/mol. The summed E-state index contributed by atoms with van der Waals surface area (Å²) in [5, 5.41) is 10.2. The summed E-state index contributed by atoms with van der Waals surface area (Å²) >= 11 is 0. The molecule has 0 unspecified atom stereocenters. The minimum atomic E-state index is 0.120. The van der Waals surface area contributed by atoms with Crippen molar-refractivity contribution in [2.75, 3.05) is 62.6 Å². The van der Waals surface area contributed by atoms with Crippen LogP contribution in [0.5, 0.6) is 0 Å². The second-order valence-electron chi connectivity index (χ2n) is 7.64. The number of morpholine rings is 1. The van der Waals surface area contributed by atoms with E-state index >= 15 is 0 Å². The summed E-state index contributed by atoms with van der Waals surface area (Å²) in [7, 11) is 0. The Morgan fingerprint density at radius 3 is 2.67 bits per heavy atom. The molecular formula is C22H27N7O. The first-order valence-corrected chi connectivity index (χ1v) is 10.6. The van der Waals surface area contributed by atoms with Crippen LogP contribution in [0, 0.1) is 0 Å². The molecule has 30 heavy (non-hydrogen) atoms.